The van der Waals surface area contributed by atoms with Crippen molar-refractivity contribution in [3.05, 3.63) is 52.0 Å². The topological polar surface area (TPSA) is 52.0 Å². The number of nitrogens with zero attached hydrogens (tertiary/aromatic N) is 3. The first-order chi connectivity index (χ1) is 12.2. The fraction of sp³-hybridized carbons (Fsp3) is 0.444. The van der Waals surface area contributed by atoms with Gasteiger partial charge in [0.15, 0.2) is 0 Å². The Morgan fingerprint density at radius 3 is 2.96 bits per heavy atom. The zero-order valence-electron chi connectivity index (χ0n) is 13.8. The summed E-state index contributed by atoms with van der Waals surface area (Å²) < 4.78 is 8.07. The summed E-state index contributed by atoms with van der Waals surface area (Å²) in [6, 6.07) is 3.66. The van der Waals surface area contributed by atoms with Gasteiger partial charge in [-0.3, -0.25) is 0 Å². The first kappa shape index (κ1) is 16.9. The van der Waals surface area contributed by atoms with Gasteiger partial charge in [0.25, 0.3) is 0 Å². The predicted molar refractivity (Wildman–Crippen MR) is 98.8 cm³/mol. The van der Waals surface area contributed by atoms with E-state index in [1.807, 2.05) is 6.07 Å². The lowest BCUT2D eigenvalue weighted by atomic mass is 9.96. The third kappa shape index (κ3) is 3.05. The molecular formula is C18H20Cl2N4O. The van der Waals surface area contributed by atoms with Gasteiger partial charge in [0.05, 0.1) is 10.0 Å². The predicted octanol–water partition coefficient (Wildman–Crippen LogP) is 3.57. The molecule has 2 atom stereocenters. The second kappa shape index (κ2) is 6.98. The molecule has 2 aliphatic heterocycles. The third-order valence-electron chi connectivity index (χ3n) is 4.97. The molecule has 0 aliphatic carbocycles. The van der Waals surface area contributed by atoms with E-state index in [1.54, 1.807) is 12.1 Å². The molecule has 0 saturated carbocycles. The van der Waals surface area contributed by atoms with Crippen LogP contribution >= 0.6 is 23.2 Å². The van der Waals surface area contributed by atoms with E-state index in [4.69, 9.17) is 27.9 Å². The molecule has 1 unspecified atom stereocenters. The molecule has 7 heteroatoms. The third-order valence-corrected chi connectivity index (χ3v) is 5.79. The first-order valence-electron chi connectivity index (χ1n) is 8.53. The van der Waals surface area contributed by atoms with Gasteiger partial charge < -0.3 is 14.6 Å². The molecule has 5 nitrogen and oxygen atoms in total. The lowest BCUT2D eigenvalue weighted by Crippen LogP contribution is -2.13. The molecule has 3 heterocycles. The fourth-order valence-electron chi connectivity index (χ4n) is 3.78. The van der Waals surface area contributed by atoms with Crippen LogP contribution in [0, 0.1) is 0 Å². The molecule has 1 aromatic heterocycles. The van der Waals surface area contributed by atoms with Crippen LogP contribution in [0.25, 0.3) is 0 Å². The van der Waals surface area contributed by atoms with Crippen molar-refractivity contribution in [2.45, 2.75) is 31.2 Å². The maximum atomic E-state index is 6.54. The molecule has 1 saturated heterocycles. The molecule has 2 aromatic rings. The normalized spacial score (nSPS) is 22.2. The van der Waals surface area contributed by atoms with Crippen molar-refractivity contribution in [1.82, 2.24) is 20.1 Å². The summed E-state index contributed by atoms with van der Waals surface area (Å²) in [7, 11) is 0. The van der Waals surface area contributed by atoms with Crippen LogP contribution in [-0.2, 0) is 13.0 Å². The molecule has 4 rings (SSSR count). The number of hydrogen-bond donors (Lipinski definition) is 1. The minimum absolute atomic E-state index is 0.185. The van der Waals surface area contributed by atoms with Gasteiger partial charge >= 0.3 is 0 Å². The molecule has 1 N–H and O–H groups in total. The van der Waals surface area contributed by atoms with Gasteiger partial charge in [0.2, 0.25) is 0 Å². The van der Waals surface area contributed by atoms with Crippen LogP contribution in [-0.4, -0.2) is 34.5 Å². The van der Waals surface area contributed by atoms with Crippen molar-refractivity contribution in [2.75, 3.05) is 19.7 Å². The number of nitrogens with one attached hydrogen (secondary N) is 1. The van der Waals surface area contributed by atoms with Gasteiger partial charge in [-0.15, -0.1) is 10.2 Å². The molecule has 1 fully saturated rings. The highest BCUT2D eigenvalue weighted by atomic mass is 35.5. The lowest BCUT2D eigenvalue weighted by Gasteiger charge is -2.18. The smallest absolute Gasteiger partial charge is 0.137 e. The van der Waals surface area contributed by atoms with E-state index in [0.29, 0.717) is 22.6 Å². The average molecular weight is 379 g/mol. The van der Waals surface area contributed by atoms with Crippen molar-refractivity contribution in [3.8, 4) is 5.75 Å². The van der Waals surface area contributed by atoms with Gasteiger partial charge in [-0.25, -0.2) is 0 Å². The van der Waals surface area contributed by atoms with Crippen LogP contribution in [0.2, 0.25) is 10.0 Å². The standard InChI is InChI=1S/C18H20Cl2N4O/c1-2-7-25-14-4-3-13(19)17(20)16(14)12-8-15-22-23-18(24(15)10-12)11-5-6-21-9-11/h2-4,11-12,21H,1,5-10H2/t11-,12?/m1/s1. The highest BCUT2D eigenvalue weighted by Gasteiger charge is 2.34. The summed E-state index contributed by atoms with van der Waals surface area (Å²) in [5.41, 5.74) is 0.956. The van der Waals surface area contributed by atoms with Crippen molar-refractivity contribution in [2.24, 2.45) is 0 Å². The van der Waals surface area contributed by atoms with Crippen LogP contribution in [0.15, 0.2) is 24.8 Å². The average Bonchev–Trinajstić information content (AvgIpc) is 3.32. The Kier molecular flexibility index (Phi) is 4.71. The second-order valence-corrected chi connectivity index (χ2v) is 7.33. The van der Waals surface area contributed by atoms with Crippen molar-refractivity contribution < 1.29 is 4.74 Å². The molecule has 25 heavy (non-hydrogen) atoms. The zero-order valence-corrected chi connectivity index (χ0v) is 15.4. The highest BCUT2D eigenvalue weighted by molar-refractivity contribution is 6.42. The lowest BCUT2D eigenvalue weighted by molar-refractivity contribution is 0.355. The minimum Gasteiger partial charge on any atom is -0.489 e. The van der Waals surface area contributed by atoms with Gasteiger partial charge in [0, 0.05) is 36.9 Å². The van der Waals surface area contributed by atoms with Crippen molar-refractivity contribution in [1.29, 1.82) is 0 Å². The highest BCUT2D eigenvalue weighted by Crippen LogP contribution is 2.43. The number of hydrogen-bond acceptors (Lipinski definition) is 4. The molecule has 1 aromatic carbocycles. The van der Waals surface area contributed by atoms with Gasteiger partial charge in [0.1, 0.15) is 24.0 Å². The van der Waals surface area contributed by atoms with Crippen molar-refractivity contribution >= 4 is 23.2 Å². The van der Waals surface area contributed by atoms with E-state index in [2.05, 4.69) is 26.7 Å². The van der Waals surface area contributed by atoms with E-state index < -0.39 is 0 Å². The largest absolute Gasteiger partial charge is 0.489 e. The first-order valence-corrected chi connectivity index (χ1v) is 9.29. The molecule has 2 aliphatic rings. The molecule has 0 bridgehead atoms. The van der Waals surface area contributed by atoms with E-state index >= 15 is 0 Å². The summed E-state index contributed by atoms with van der Waals surface area (Å²) >= 11 is 12.8. The van der Waals surface area contributed by atoms with E-state index in [-0.39, 0.29) is 5.92 Å². The fourth-order valence-corrected chi connectivity index (χ4v) is 4.25. The number of benzene rings is 1. The Bertz CT molecular complexity index is 799. The Morgan fingerprint density at radius 1 is 1.32 bits per heavy atom. The van der Waals surface area contributed by atoms with E-state index in [9.17, 15) is 0 Å². The van der Waals surface area contributed by atoms with Crippen LogP contribution in [0.3, 0.4) is 0 Å². The summed E-state index contributed by atoms with van der Waals surface area (Å²) in [6.45, 7) is 6.95. The SMILES string of the molecule is C=CCOc1ccc(Cl)c(Cl)c1C1Cc2nnc([C@@H]3CCNC3)n2C1. The van der Waals surface area contributed by atoms with Crippen LogP contribution in [0.4, 0.5) is 0 Å². The summed E-state index contributed by atoms with van der Waals surface area (Å²) in [6.07, 6.45) is 3.62. The quantitative estimate of drug-likeness (QED) is 0.808. The number of halogens is 2. The zero-order chi connectivity index (χ0) is 17.4. The van der Waals surface area contributed by atoms with E-state index in [1.165, 1.54) is 0 Å². The van der Waals surface area contributed by atoms with Gasteiger partial charge in [-0.05, 0) is 25.1 Å². The maximum Gasteiger partial charge on any atom is 0.137 e. The monoisotopic (exact) mass is 378 g/mol. The molecular weight excluding hydrogens is 359 g/mol. The minimum atomic E-state index is 0.185. The van der Waals surface area contributed by atoms with Crippen LogP contribution < -0.4 is 10.1 Å². The van der Waals surface area contributed by atoms with E-state index in [0.717, 1.165) is 55.4 Å². The Balaban J connectivity index is 1.65. The number of aromatic nitrogens is 3. The van der Waals surface area contributed by atoms with Crippen molar-refractivity contribution in [3.63, 3.8) is 0 Å². The number of ether oxygens (including phenoxy) is 1. The molecule has 0 spiro atoms. The maximum absolute atomic E-state index is 6.54. The summed E-state index contributed by atoms with van der Waals surface area (Å²) in [5.74, 6) is 3.48. The molecule has 132 valence electrons. The number of fused-ring (bicyclic) bond motifs is 1. The Labute approximate surface area is 157 Å². The number of rotatable bonds is 5. The van der Waals surface area contributed by atoms with Gasteiger partial charge in [-0.2, -0.15) is 0 Å². The summed E-state index contributed by atoms with van der Waals surface area (Å²) in [5, 5.41) is 13.3. The molecule has 0 amide bonds. The second-order valence-electron chi connectivity index (χ2n) is 6.55. The van der Waals surface area contributed by atoms with Crippen LogP contribution in [0.5, 0.6) is 5.75 Å². The summed E-state index contributed by atoms with van der Waals surface area (Å²) in [4.78, 5) is 0. The molecule has 0 radical (unpaired) electrons. The Hall–Kier alpha value is -1.56. The van der Waals surface area contributed by atoms with Crippen LogP contribution in [0.1, 0.15) is 35.5 Å². The Morgan fingerprint density at radius 2 is 2.20 bits per heavy atom. The van der Waals surface area contributed by atoms with Gasteiger partial charge in [-0.1, -0.05) is 35.9 Å².